The van der Waals surface area contributed by atoms with Gasteiger partial charge < -0.3 is 0 Å². The maximum Gasteiger partial charge on any atom is 0.204 e. The molecule has 5 heteroatoms. The van der Waals surface area contributed by atoms with Gasteiger partial charge in [0, 0.05) is 6.42 Å². The summed E-state index contributed by atoms with van der Waals surface area (Å²) in [4.78, 5) is 8.00. The Morgan fingerprint density at radius 3 is 3.17 bits per heavy atom. The molecule has 2 heterocycles. The Morgan fingerprint density at radius 1 is 1.42 bits per heavy atom. The fourth-order valence-corrected chi connectivity index (χ4v) is 1.01. The number of aromatic nitrogens is 5. The number of nitrogens with zero attached hydrogens (tertiary/aromatic N) is 4. The second kappa shape index (κ2) is 2.69. The normalized spacial score (nSPS) is 10.3. The van der Waals surface area contributed by atoms with E-state index in [1.807, 2.05) is 0 Å². The highest BCUT2D eigenvalue weighted by molar-refractivity contribution is 5.71. The van der Waals surface area contributed by atoms with Crippen LogP contribution in [-0.4, -0.2) is 25.4 Å². The zero-order chi connectivity index (χ0) is 8.39. The first-order valence-corrected chi connectivity index (χ1v) is 3.53. The zero-order valence-corrected chi connectivity index (χ0v) is 6.36. The Balaban J connectivity index is 2.65. The van der Waals surface area contributed by atoms with Crippen LogP contribution in [0.25, 0.3) is 11.2 Å². The third-order valence-corrected chi connectivity index (χ3v) is 1.53. The topological polar surface area (TPSA) is 67.3 Å². The monoisotopic (exact) mass is 161 g/mol. The second-order valence-corrected chi connectivity index (χ2v) is 2.31. The summed E-state index contributed by atoms with van der Waals surface area (Å²) >= 11 is 0. The number of hydrogen-bond acceptors (Lipinski definition) is 4. The van der Waals surface area contributed by atoms with Gasteiger partial charge in [-0.1, -0.05) is 6.08 Å². The zero-order valence-electron chi connectivity index (χ0n) is 6.36. The summed E-state index contributed by atoms with van der Waals surface area (Å²) in [5, 5.41) is 10.3. The molecule has 0 aliphatic heterocycles. The first kappa shape index (κ1) is 6.90. The molecule has 5 nitrogen and oxygen atoms in total. The van der Waals surface area contributed by atoms with Crippen LogP contribution in [0.2, 0.25) is 0 Å². The van der Waals surface area contributed by atoms with Gasteiger partial charge in [-0.2, -0.15) is 10.3 Å². The van der Waals surface area contributed by atoms with Gasteiger partial charge in [0.15, 0.2) is 5.52 Å². The van der Waals surface area contributed by atoms with E-state index >= 15 is 0 Å². The van der Waals surface area contributed by atoms with E-state index in [1.165, 1.54) is 6.33 Å². The van der Waals surface area contributed by atoms with Gasteiger partial charge in [0.1, 0.15) is 6.33 Å². The van der Waals surface area contributed by atoms with Crippen molar-refractivity contribution in [1.82, 2.24) is 25.4 Å². The van der Waals surface area contributed by atoms with E-state index in [1.54, 1.807) is 6.08 Å². The van der Waals surface area contributed by atoms with Crippen LogP contribution < -0.4 is 0 Å². The van der Waals surface area contributed by atoms with E-state index < -0.39 is 0 Å². The first-order valence-electron chi connectivity index (χ1n) is 3.53. The fourth-order valence-electron chi connectivity index (χ4n) is 1.01. The Morgan fingerprint density at radius 2 is 2.33 bits per heavy atom. The van der Waals surface area contributed by atoms with Crippen LogP contribution in [0.15, 0.2) is 19.0 Å². The summed E-state index contributed by atoms with van der Waals surface area (Å²) in [6.45, 7) is 3.63. The van der Waals surface area contributed by atoms with E-state index in [4.69, 9.17) is 0 Å². The van der Waals surface area contributed by atoms with Crippen molar-refractivity contribution < 1.29 is 0 Å². The van der Waals surface area contributed by atoms with Gasteiger partial charge >= 0.3 is 0 Å². The number of nitrogens with one attached hydrogen (secondary N) is 1. The molecule has 2 aromatic rings. The van der Waals surface area contributed by atoms with E-state index in [0.717, 1.165) is 11.2 Å². The predicted octanol–water partition coefficient (Wildman–Crippen LogP) is 0.476. The molecule has 0 aliphatic rings. The average molecular weight is 161 g/mol. The van der Waals surface area contributed by atoms with Gasteiger partial charge in [-0.25, -0.2) is 9.97 Å². The molecule has 0 saturated carbocycles. The predicted molar refractivity (Wildman–Crippen MR) is 43.4 cm³/mol. The van der Waals surface area contributed by atoms with Crippen molar-refractivity contribution in [2.75, 3.05) is 0 Å². The number of H-pyrrole nitrogens is 1. The lowest BCUT2D eigenvalue weighted by Gasteiger charge is -1.92. The lowest BCUT2D eigenvalue weighted by Crippen LogP contribution is -1.90. The molecular weight excluding hydrogens is 154 g/mol. The molecule has 0 spiro atoms. The SMILES string of the molecule is C=CCc1ncnc2n[nH]nc12. The Hall–Kier alpha value is -1.78. The first-order chi connectivity index (χ1) is 5.92. The molecule has 0 radical (unpaired) electrons. The average Bonchev–Trinajstić information content (AvgIpc) is 2.53. The van der Waals surface area contributed by atoms with Gasteiger partial charge in [-0.05, 0) is 0 Å². The van der Waals surface area contributed by atoms with Crippen molar-refractivity contribution in [3.63, 3.8) is 0 Å². The van der Waals surface area contributed by atoms with Crippen LogP contribution in [-0.2, 0) is 6.42 Å². The highest BCUT2D eigenvalue weighted by Gasteiger charge is 2.04. The third kappa shape index (κ3) is 0.952. The Kier molecular flexibility index (Phi) is 1.55. The van der Waals surface area contributed by atoms with Crippen LogP contribution >= 0.6 is 0 Å². The lowest BCUT2D eigenvalue weighted by molar-refractivity contribution is 0.953. The summed E-state index contributed by atoms with van der Waals surface area (Å²) in [6, 6.07) is 0. The van der Waals surface area contributed by atoms with Gasteiger partial charge in [0.2, 0.25) is 5.65 Å². The molecule has 0 amide bonds. The van der Waals surface area contributed by atoms with Crippen molar-refractivity contribution in [2.45, 2.75) is 6.42 Å². The molecule has 0 saturated heterocycles. The number of allylic oxidation sites excluding steroid dienone is 1. The summed E-state index contributed by atoms with van der Waals surface area (Å²) in [6.07, 6.45) is 3.94. The van der Waals surface area contributed by atoms with Crippen molar-refractivity contribution >= 4 is 11.2 Å². The maximum atomic E-state index is 4.06. The molecule has 2 rings (SSSR count). The highest BCUT2D eigenvalue weighted by atomic mass is 15.3. The van der Waals surface area contributed by atoms with Gasteiger partial charge in [0.05, 0.1) is 5.69 Å². The molecule has 0 aromatic carbocycles. The summed E-state index contributed by atoms with van der Waals surface area (Å²) < 4.78 is 0. The van der Waals surface area contributed by atoms with Crippen LogP contribution in [0, 0.1) is 0 Å². The number of hydrogen-bond donors (Lipinski definition) is 1. The maximum absolute atomic E-state index is 4.06. The quantitative estimate of drug-likeness (QED) is 0.650. The van der Waals surface area contributed by atoms with Crippen molar-refractivity contribution in [2.24, 2.45) is 0 Å². The molecular formula is C7H7N5. The van der Waals surface area contributed by atoms with Gasteiger partial charge in [0.25, 0.3) is 0 Å². The molecule has 0 fully saturated rings. The third-order valence-electron chi connectivity index (χ3n) is 1.53. The Bertz CT molecular complexity index is 405. The smallest absolute Gasteiger partial charge is 0.204 e. The van der Waals surface area contributed by atoms with Crippen LogP contribution in [0.1, 0.15) is 5.69 Å². The van der Waals surface area contributed by atoms with E-state index in [-0.39, 0.29) is 0 Å². The van der Waals surface area contributed by atoms with E-state index in [9.17, 15) is 0 Å². The van der Waals surface area contributed by atoms with Crippen molar-refractivity contribution in [3.05, 3.63) is 24.7 Å². The minimum absolute atomic E-state index is 0.599. The number of aromatic amines is 1. The molecule has 0 unspecified atom stereocenters. The fraction of sp³-hybridized carbons (Fsp3) is 0.143. The summed E-state index contributed by atoms with van der Waals surface area (Å²) in [5.41, 5.74) is 2.17. The minimum Gasteiger partial charge on any atom is -0.239 e. The molecule has 2 aromatic heterocycles. The van der Waals surface area contributed by atoms with Gasteiger partial charge in [-0.15, -0.1) is 11.7 Å². The van der Waals surface area contributed by atoms with Crippen LogP contribution in [0.3, 0.4) is 0 Å². The van der Waals surface area contributed by atoms with Crippen molar-refractivity contribution in [3.8, 4) is 0 Å². The van der Waals surface area contributed by atoms with E-state index in [0.29, 0.717) is 12.1 Å². The summed E-state index contributed by atoms with van der Waals surface area (Å²) in [7, 11) is 0. The molecule has 0 atom stereocenters. The van der Waals surface area contributed by atoms with Crippen LogP contribution in [0.4, 0.5) is 0 Å². The standard InChI is InChI=1S/C7H7N5/c1-2-3-5-6-7(9-4-8-5)11-12-10-6/h2,4H,1,3H2,(H,8,9,10,11,12). The van der Waals surface area contributed by atoms with E-state index in [2.05, 4.69) is 32.0 Å². The Labute approximate surface area is 68.5 Å². The molecule has 0 bridgehead atoms. The highest BCUT2D eigenvalue weighted by Crippen LogP contribution is 2.08. The molecule has 1 N–H and O–H groups in total. The minimum atomic E-state index is 0.599. The molecule has 60 valence electrons. The number of rotatable bonds is 2. The van der Waals surface area contributed by atoms with Crippen molar-refractivity contribution in [1.29, 1.82) is 0 Å². The molecule has 12 heavy (non-hydrogen) atoms. The molecule has 0 aliphatic carbocycles. The number of fused-ring (bicyclic) bond motifs is 1. The second-order valence-electron chi connectivity index (χ2n) is 2.31. The van der Waals surface area contributed by atoms with Crippen LogP contribution in [0.5, 0.6) is 0 Å². The largest absolute Gasteiger partial charge is 0.239 e. The van der Waals surface area contributed by atoms with Gasteiger partial charge in [-0.3, -0.25) is 0 Å². The summed E-state index contributed by atoms with van der Waals surface area (Å²) in [5.74, 6) is 0. The lowest BCUT2D eigenvalue weighted by atomic mass is 10.3.